The second kappa shape index (κ2) is 8.51. The largest absolute Gasteiger partial charge is 0.466 e. The Kier molecular flexibility index (Phi) is 5.80. The van der Waals surface area contributed by atoms with Crippen LogP contribution in [0.3, 0.4) is 0 Å². The summed E-state index contributed by atoms with van der Waals surface area (Å²) in [7, 11) is 1.37. The van der Waals surface area contributed by atoms with Gasteiger partial charge in [-0.3, -0.25) is 4.90 Å². The van der Waals surface area contributed by atoms with Crippen LogP contribution in [0.1, 0.15) is 44.3 Å². The van der Waals surface area contributed by atoms with Crippen molar-refractivity contribution in [1.82, 2.24) is 25.0 Å². The van der Waals surface area contributed by atoms with Crippen LogP contribution in [0.2, 0.25) is 0 Å². The van der Waals surface area contributed by atoms with Gasteiger partial charge < -0.3 is 14.6 Å². The molecule has 0 saturated heterocycles. The molecule has 1 atom stereocenters. The highest BCUT2D eigenvalue weighted by atomic mass is 32.2. The van der Waals surface area contributed by atoms with Crippen molar-refractivity contribution in [3.63, 3.8) is 0 Å². The van der Waals surface area contributed by atoms with Gasteiger partial charge in [0.2, 0.25) is 0 Å². The Bertz CT molecular complexity index is 968. The minimum atomic E-state index is -0.556. The number of hydrogen-bond donors (Lipinski definition) is 1. The molecule has 1 fully saturated rings. The van der Waals surface area contributed by atoms with Crippen LogP contribution >= 0.6 is 11.8 Å². The zero-order chi connectivity index (χ0) is 21.3. The van der Waals surface area contributed by atoms with E-state index in [-0.39, 0.29) is 18.1 Å². The van der Waals surface area contributed by atoms with Crippen molar-refractivity contribution in [2.75, 3.05) is 12.9 Å². The maximum atomic E-state index is 13.0. The normalized spacial score (nSPS) is 19.3. The van der Waals surface area contributed by atoms with Crippen LogP contribution in [0, 0.1) is 0 Å². The predicted octanol–water partition coefficient (Wildman–Crippen LogP) is 3.31. The first-order valence-electron chi connectivity index (χ1n) is 9.99. The number of amides is 2. The molecule has 2 aliphatic rings. The fourth-order valence-electron chi connectivity index (χ4n) is 3.61. The molecule has 0 radical (unpaired) electrons. The molecule has 1 saturated carbocycles. The third-order valence-corrected chi connectivity index (χ3v) is 6.23. The number of carbonyl (C=O) groups is 2. The quantitative estimate of drug-likeness (QED) is 0.539. The van der Waals surface area contributed by atoms with Gasteiger partial charge in [-0.15, -0.1) is 10.2 Å². The summed E-state index contributed by atoms with van der Waals surface area (Å²) in [5.41, 5.74) is 2.00. The summed E-state index contributed by atoms with van der Waals surface area (Å²) in [4.78, 5) is 27.7. The summed E-state index contributed by atoms with van der Waals surface area (Å²) >= 11 is 1.47. The Balaban J connectivity index is 1.76. The first-order valence-corrected chi connectivity index (χ1v) is 11.0. The molecule has 8 nitrogen and oxygen atoms in total. The zero-order valence-corrected chi connectivity index (χ0v) is 18.1. The van der Waals surface area contributed by atoms with E-state index in [1.165, 1.54) is 18.9 Å². The first-order chi connectivity index (χ1) is 14.5. The Labute approximate surface area is 179 Å². The molecule has 1 aliphatic heterocycles. The Morgan fingerprint density at radius 3 is 2.67 bits per heavy atom. The molecule has 158 valence electrons. The van der Waals surface area contributed by atoms with E-state index in [1.807, 2.05) is 34.9 Å². The lowest BCUT2D eigenvalue weighted by molar-refractivity contribution is -0.136. The van der Waals surface area contributed by atoms with Crippen LogP contribution < -0.4 is 5.32 Å². The first kappa shape index (κ1) is 20.5. The summed E-state index contributed by atoms with van der Waals surface area (Å²) in [6.45, 7) is 4.12. The van der Waals surface area contributed by atoms with E-state index in [0.29, 0.717) is 17.0 Å². The summed E-state index contributed by atoms with van der Waals surface area (Å²) in [5, 5.41) is 12.0. The highest BCUT2D eigenvalue weighted by molar-refractivity contribution is 7.99. The molecule has 1 aliphatic carbocycles. The van der Waals surface area contributed by atoms with Crippen LogP contribution in [0.5, 0.6) is 0 Å². The third kappa shape index (κ3) is 3.94. The standard InChI is InChI=1S/C21H25N5O3S/c1-13(2)25-12-22-24-21(25)30-11-16-17(19(27)29-3)18(14-7-5-4-6-8-14)23-20(28)26(16)15-9-10-15/h4-8,12-13,15,18H,9-11H2,1-3H3,(H,23,28). The number of nitrogens with zero attached hydrogens (tertiary/aromatic N) is 4. The Hall–Kier alpha value is -2.81. The van der Waals surface area contributed by atoms with Crippen LogP contribution in [0.15, 0.2) is 53.1 Å². The van der Waals surface area contributed by atoms with Gasteiger partial charge in [-0.2, -0.15) is 0 Å². The number of carbonyl (C=O) groups excluding carboxylic acids is 2. The van der Waals surface area contributed by atoms with Crippen LogP contribution in [0.4, 0.5) is 4.79 Å². The van der Waals surface area contributed by atoms with Crippen molar-refractivity contribution >= 4 is 23.8 Å². The van der Waals surface area contributed by atoms with E-state index in [4.69, 9.17) is 4.74 Å². The molecule has 0 spiro atoms. The van der Waals surface area contributed by atoms with Crippen molar-refractivity contribution in [2.45, 2.75) is 50.0 Å². The number of nitrogens with one attached hydrogen (secondary N) is 1. The summed E-state index contributed by atoms with van der Waals surface area (Å²) in [6, 6.07) is 9.08. The van der Waals surface area contributed by atoms with Crippen LogP contribution in [-0.2, 0) is 9.53 Å². The predicted molar refractivity (Wildman–Crippen MR) is 113 cm³/mol. The average Bonchev–Trinajstić information content (AvgIpc) is 3.47. The van der Waals surface area contributed by atoms with Crippen LogP contribution in [0.25, 0.3) is 0 Å². The number of ether oxygens (including phenoxy) is 1. The lowest BCUT2D eigenvalue weighted by Gasteiger charge is -2.36. The molecule has 2 aromatic rings. The van der Waals surface area contributed by atoms with Gasteiger partial charge in [-0.05, 0) is 32.3 Å². The molecule has 1 aromatic carbocycles. The maximum absolute atomic E-state index is 13.0. The number of rotatable bonds is 7. The van der Waals surface area contributed by atoms with Crippen molar-refractivity contribution in [1.29, 1.82) is 0 Å². The number of benzene rings is 1. The Morgan fingerprint density at radius 1 is 1.30 bits per heavy atom. The monoisotopic (exact) mass is 427 g/mol. The lowest BCUT2D eigenvalue weighted by Crippen LogP contribution is -2.50. The van der Waals surface area contributed by atoms with Gasteiger partial charge in [0, 0.05) is 23.5 Å². The molecule has 2 amide bonds. The van der Waals surface area contributed by atoms with Gasteiger partial charge in [0.15, 0.2) is 5.16 Å². The molecule has 1 unspecified atom stereocenters. The molecule has 30 heavy (non-hydrogen) atoms. The van der Waals surface area contributed by atoms with E-state index < -0.39 is 12.0 Å². The number of aromatic nitrogens is 3. The minimum absolute atomic E-state index is 0.111. The van der Waals surface area contributed by atoms with Gasteiger partial charge >= 0.3 is 12.0 Å². The third-order valence-electron chi connectivity index (χ3n) is 5.26. The summed E-state index contributed by atoms with van der Waals surface area (Å²) in [6.07, 6.45) is 3.55. The summed E-state index contributed by atoms with van der Waals surface area (Å²) < 4.78 is 7.11. The van der Waals surface area contributed by atoms with E-state index in [2.05, 4.69) is 29.4 Å². The number of methoxy groups -OCH3 is 1. The average molecular weight is 428 g/mol. The SMILES string of the molecule is COC(=O)C1=C(CSc2nncn2C(C)C)N(C2CC2)C(=O)NC1c1ccccc1. The molecular weight excluding hydrogens is 402 g/mol. The van der Waals surface area contributed by atoms with Crippen molar-refractivity contribution < 1.29 is 14.3 Å². The number of hydrogen-bond acceptors (Lipinski definition) is 6. The van der Waals surface area contributed by atoms with Crippen molar-refractivity contribution in [3.8, 4) is 0 Å². The summed E-state index contributed by atoms with van der Waals surface area (Å²) in [5.74, 6) is -0.0150. The highest BCUT2D eigenvalue weighted by Crippen LogP contribution is 2.40. The maximum Gasteiger partial charge on any atom is 0.338 e. The van der Waals surface area contributed by atoms with Crippen molar-refractivity contribution in [2.24, 2.45) is 0 Å². The lowest BCUT2D eigenvalue weighted by atomic mass is 9.95. The van der Waals surface area contributed by atoms with Gasteiger partial charge in [0.1, 0.15) is 6.33 Å². The van der Waals surface area contributed by atoms with Gasteiger partial charge in [0.05, 0.1) is 18.7 Å². The molecule has 1 aromatic heterocycles. The molecule has 4 rings (SSSR count). The van der Waals surface area contributed by atoms with Crippen LogP contribution in [-0.4, -0.2) is 50.6 Å². The smallest absolute Gasteiger partial charge is 0.338 e. The highest BCUT2D eigenvalue weighted by Gasteiger charge is 2.44. The fourth-order valence-corrected chi connectivity index (χ4v) is 4.69. The molecule has 2 heterocycles. The topological polar surface area (TPSA) is 89.3 Å². The van der Waals surface area contributed by atoms with Gasteiger partial charge in [-0.25, -0.2) is 9.59 Å². The molecule has 0 bridgehead atoms. The van der Waals surface area contributed by atoms with E-state index in [1.54, 1.807) is 11.2 Å². The number of thioether (sulfide) groups is 1. The van der Waals surface area contributed by atoms with Gasteiger partial charge in [-0.1, -0.05) is 42.1 Å². The number of esters is 1. The van der Waals surface area contributed by atoms with E-state index in [0.717, 1.165) is 23.6 Å². The van der Waals surface area contributed by atoms with E-state index >= 15 is 0 Å². The zero-order valence-electron chi connectivity index (χ0n) is 17.2. The van der Waals surface area contributed by atoms with Crippen molar-refractivity contribution in [3.05, 3.63) is 53.5 Å². The number of urea groups is 1. The molecule has 1 N–H and O–H groups in total. The van der Waals surface area contributed by atoms with E-state index in [9.17, 15) is 9.59 Å². The molecule has 9 heteroatoms. The second-order valence-electron chi connectivity index (χ2n) is 7.65. The second-order valence-corrected chi connectivity index (χ2v) is 8.59. The fraction of sp³-hybridized carbons (Fsp3) is 0.429. The van der Waals surface area contributed by atoms with Gasteiger partial charge in [0.25, 0.3) is 0 Å². The molecular formula is C21H25N5O3S. The minimum Gasteiger partial charge on any atom is -0.466 e. The Morgan fingerprint density at radius 2 is 2.03 bits per heavy atom.